The molecule has 0 bridgehead atoms. The lowest BCUT2D eigenvalue weighted by atomic mass is 10.1. The number of anilines is 3. The second-order valence-corrected chi connectivity index (χ2v) is 10.2. The molecular weight excluding hydrogens is 538 g/mol. The van der Waals surface area contributed by atoms with Crippen LogP contribution in [-0.4, -0.2) is 60.8 Å². The summed E-state index contributed by atoms with van der Waals surface area (Å²) in [5, 5.41) is 6.72. The molecule has 4 rings (SSSR count). The van der Waals surface area contributed by atoms with Gasteiger partial charge in [0.1, 0.15) is 23.9 Å². The number of aryl methyl sites for hydroxylation is 1. The maximum absolute atomic E-state index is 12.1. The summed E-state index contributed by atoms with van der Waals surface area (Å²) in [6.45, 7) is 4.11. The number of hydrogen-bond donors (Lipinski definition) is 3. The number of nitrogens with one attached hydrogen (secondary N) is 2. The monoisotopic (exact) mass is 567 g/mol. The molecule has 12 nitrogen and oxygen atoms in total. The number of carbonyl (C=O) groups excluding carboxylic acids is 1. The third kappa shape index (κ3) is 6.75. The van der Waals surface area contributed by atoms with E-state index in [1.54, 1.807) is 49.7 Å². The van der Waals surface area contributed by atoms with Crippen LogP contribution in [0.1, 0.15) is 5.56 Å². The highest BCUT2D eigenvalue weighted by Gasteiger charge is 2.17. The van der Waals surface area contributed by atoms with E-state index in [4.69, 9.17) is 14.2 Å². The minimum absolute atomic E-state index is 0.261. The third-order valence-corrected chi connectivity index (χ3v) is 6.57. The second kappa shape index (κ2) is 12.2. The maximum atomic E-state index is 12.1. The Balaban J connectivity index is 1.68. The summed E-state index contributed by atoms with van der Waals surface area (Å²) in [6.07, 6.45) is 4.63. The number of nitrogens with zero attached hydrogens (tertiary/aromatic N) is 3. The fourth-order valence-electron chi connectivity index (χ4n) is 4.09. The van der Waals surface area contributed by atoms with Crippen LogP contribution in [0.25, 0.3) is 22.2 Å². The quantitative estimate of drug-likeness (QED) is 0.130. The molecule has 3 N–H and O–H groups in total. The number of hydrogen-bond acceptors (Lipinski definition) is 9. The number of methoxy groups -OCH3 is 2. The summed E-state index contributed by atoms with van der Waals surface area (Å²) in [6, 6.07) is 10.2. The van der Waals surface area contributed by atoms with Crippen molar-refractivity contribution in [2.45, 2.75) is 5.75 Å². The van der Waals surface area contributed by atoms with Gasteiger partial charge in [-0.25, -0.2) is 9.97 Å². The summed E-state index contributed by atoms with van der Waals surface area (Å²) in [4.78, 5) is 21.1. The number of rotatable bonds is 12. The first-order valence-electron chi connectivity index (χ1n) is 12.0. The Kier molecular flexibility index (Phi) is 8.67. The van der Waals surface area contributed by atoms with E-state index < -0.39 is 21.8 Å². The summed E-state index contributed by atoms with van der Waals surface area (Å²) < 4.78 is 50.1. The van der Waals surface area contributed by atoms with E-state index >= 15 is 0 Å². The third-order valence-electron chi connectivity index (χ3n) is 5.87. The zero-order chi connectivity index (χ0) is 28.9. The molecule has 0 aliphatic heterocycles. The molecule has 0 aliphatic rings. The van der Waals surface area contributed by atoms with Gasteiger partial charge < -0.3 is 29.4 Å². The van der Waals surface area contributed by atoms with E-state index in [1.807, 2.05) is 17.8 Å². The fourth-order valence-corrected chi connectivity index (χ4v) is 4.69. The molecule has 0 radical (unpaired) electrons. The van der Waals surface area contributed by atoms with Crippen LogP contribution >= 0.6 is 0 Å². The van der Waals surface area contributed by atoms with Gasteiger partial charge in [-0.3, -0.25) is 9.35 Å². The molecule has 2 aromatic heterocycles. The van der Waals surface area contributed by atoms with Crippen LogP contribution < -0.4 is 20.1 Å². The fraction of sp³-hybridized carbons (Fsp3) is 0.222. The van der Waals surface area contributed by atoms with Crippen molar-refractivity contribution < 1.29 is 32.0 Å². The van der Waals surface area contributed by atoms with Crippen molar-refractivity contribution in [3.05, 3.63) is 67.0 Å². The normalized spacial score (nSPS) is 11.3. The van der Waals surface area contributed by atoms with Gasteiger partial charge in [0.25, 0.3) is 10.1 Å². The van der Waals surface area contributed by atoms with Crippen molar-refractivity contribution >= 4 is 44.3 Å². The van der Waals surface area contributed by atoms with Gasteiger partial charge in [0.15, 0.2) is 0 Å². The average Bonchev–Trinajstić information content (AvgIpc) is 3.24. The SMILES string of the molecule is C=CC(=O)Nc1cc(Nc2nccc(-c3cn(C)c4cc(CS(=O)(=O)O)ccc34)n2)c(OC)cc1OCCOC. The van der Waals surface area contributed by atoms with Gasteiger partial charge in [-0.1, -0.05) is 18.7 Å². The molecule has 4 aromatic rings. The van der Waals surface area contributed by atoms with Gasteiger partial charge in [0, 0.05) is 49.1 Å². The van der Waals surface area contributed by atoms with E-state index in [9.17, 15) is 17.8 Å². The lowest BCUT2D eigenvalue weighted by Gasteiger charge is -2.17. The lowest BCUT2D eigenvalue weighted by molar-refractivity contribution is -0.111. The molecule has 0 atom stereocenters. The van der Waals surface area contributed by atoms with Crippen LogP contribution in [0, 0.1) is 0 Å². The van der Waals surface area contributed by atoms with Crippen LogP contribution in [-0.2, 0) is 32.5 Å². The standard InChI is InChI=1S/C27H29N5O7S/c1-5-26(33)29-22-13-21(24(38-4)14-25(22)39-11-10-37-3)31-27-28-9-8-20(30-27)19-15-32(2)23-12-17(6-7-18(19)23)16-40(34,35)36/h5-9,12-15H,1,10-11,16H2,2-4H3,(H,29,33)(H,28,30,31)(H,34,35,36). The Hall–Kier alpha value is -4.46. The molecule has 0 unspecified atom stereocenters. The van der Waals surface area contributed by atoms with Gasteiger partial charge in [0.05, 0.1) is 30.8 Å². The molecule has 1 amide bonds. The van der Waals surface area contributed by atoms with Gasteiger partial charge in [0.2, 0.25) is 11.9 Å². The first-order chi connectivity index (χ1) is 19.1. The van der Waals surface area contributed by atoms with Crippen LogP contribution in [0.3, 0.4) is 0 Å². The minimum Gasteiger partial charge on any atom is -0.494 e. The Morgan fingerprint density at radius 1 is 1.12 bits per heavy atom. The predicted octanol–water partition coefficient (Wildman–Crippen LogP) is 3.93. The molecule has 13 heteroatoms. The van der Waals surface area contributed by atoms with Crippen LogP contribution in [0.15, 0.2) is 61.4 Å². The summed E-state index contributed by atoms with van der Waals surface area (Å²) in [5.41, 5.74) is 3.52. The number of ether oxygens (including phenoxy) is 3. The van der Waals surface area contributed by atoms with E-state index in [2.05, 4.69) is 27.2 Å². The van der Waals surface area contributed by atoms with Crippen LogP contribution in [0.2, 0.25) is 0 Å². The molecule has 0 aliphatic carbocycles. The number of aromatic nitrogens is 3. The molecule has 0 saturated heterocycles. The molecular formula is C27H29N5O7S. The number of carbonyl (C=O) groups is 1. The minimum atomic E-state index is -4.16. The molecule has 0 spiro atoms. The topological polar surface area (TPSA) is 154 Å². The van der Waals surface area contributed by atoms with E-state index in [0.29, 0.717) is 40.7 Å². The number of fused-ring (bicyclic) bond motifs is 1. The molecule has 2 heterocycles. The smallest absolute Gasteiger partial charge is 0.269 e. The Bertz CT molecular complexity index is 1670. The second-order valence-electron chi connectivity index (χ2n) is 8.71. The van der Waals surface area contributed by atoms with E-state index in [-0.39, 0.29) is 12.6 Å². The average molecular weight is 568 g/mol. The van der Waals surface area contributed by atoms with Crippen molar-refractivity contribution in [3.63, 3.8) is 0 Å². The zero-order valence-electron chi connectivity index (χ0n) is 22.2. The van der Waals surface area contributed by atoms with Gasteiger partial charge in [-0.15, -0.1) is 0 Å². The van der Waals surface area contributed by atoms with Crippen molar-refractivity contribution in [2.24, 2.45) is 7.05 Å². The maximum Gasteiger partial charge on any atom is 0.269 e. The summed E-state index contributed by atoms with van der Waals surface area (Å²) >= 11 is 0. The van der Waals surface area contributed by atoms with Gasteiger partial charge in [-0.2, -0.15) is 8.42 Å². The first kappa shape index (κ1) is 28.5. The van der Waals surface area contributed by atoms with Crippen molar-refractivity contribution in [1.29, 1.82) is 0 Å². The Morgan fingerprint density at radius 2 is 1.93 bits per heavy atom. The Labute approximate surface area is 231 Å². The van der Waals surface area contributed by atoms with Crippen LogP contribution in [0.4, 0.5) is 17.3 Å². The summed E-state index contributed by atoms with van der Waals surface area (Å²) in [5.74, 6) is 0.188. The largest absolute Gasteiger partial charge is 0.494 e. The first-order valence-corrected chi connectivity index (χ1v) is 13.6. The highest BCUT2D eigenvalue weighted by molar-refractivity contribution is 7.85. The Morgan fingerprint density at radius 3 is 2.62 bits per heavy atom. The molecule has 0 fully saturated rings. The lowest BCUT2D eigenvalue weighted by Crippen LogP contribution is -2.12. The van der Waals surface area contributed by atoms with Crippen molar-refractivity contribution in [2.75, 3.05) is 38.1 Å². The van der Waals surface area contributed by atoms with Crippen LogP contribution in [0.5, 0.6) is 11.5 Å². The van der Waals surface area contributed by atoms with Gasteiger partial charge in [-0.05, 0) is 29.8 Å². The van der Waals surface area contributed by atoms with E-state index in [1.165, 1.54) is 7.11 Å². The number of amides is 1. The van der Waals surface area contributed by atoms with Crippen molar-refractivity contribution in [3.8, 4) is 22.8 Å². The predicted molar refractivity (Wildman–Crippen MR) is 152 cm³/mol. The van der Waals surface area contributed by atoms with Crippen molar-refractivity contribution in [1.82, 2.24) is 14.5 Å². The highest BCUT2D eigenvalue weighted by Crippen LogP contribution is 2.38. The molecule has 2 aromatic carbocycles. The van der Waals surface area contributed by atoms with E-state index in [0.717, 1.165) is 22.5 Å². The van der Waals surface area contributed by atoms with Gasteiger partial charge >= 0.3 is 0 Å². The molecule has 0 saturated carbocycles. The number of benzene rings is 2. The summed E-state index contributed by atoms with van der Waals surface area (Å²) in [7, 11) is 0.747. The molecule has 40 heavy (non-hydrogen) atoms. The zero-order valence-corrected chi connectivity index (χ0v) is 23.0. The highest BCUT2D eigenvalue weighted by atomic mass is 32.2. The molecule has 210 valence electrons.